The molecule has 0 amide bonds. The van der Waals surface area contributed by atoms with E-state index < -0.39 is 0 Å². The maximum Gasteiger partial charge on any atom is 0.0809 e. The molecule has 1 rings (SSSR count). The monoisotopic (exact) mass is 215 g/mol. The summed E-state index contributed by atoms with van der Waals surface area (Å²) < 4.78 is 11.0. The summed E-state index contributed by atoms with van der Waals surface area (Å²) in [6, 6.07) is 0. The van der Waals surface area contributed by atoms with Crippen molar-refractivity contribution in [1.82, 2.24) is 5.32 Å². The van der Waals surface area contributed by atoms with Gasteiger partial charge in [0.2, 0.25) is 0 Å². The average Bonchev–Trinajstić information content (AvgIpc) is 2.75. The lowest BCUT2D eigenvalue weighted by Gasteiger charge is -2.10. The van der Waals surface area contributed by atoms with Gasteiger partial charge in [0.05, 0.1) is 19.3 Å². The zero-order chi connectivity index (χ0) is 10.8. The fourth-order valence-corrected chi connectivity index (χ4v) is 1.76. The molecule has 0 saturated carbocycles. The summed E-state index contributed by atoms with van der Waals surface area (Å²) in [5.74, 6) is 0. The van der Waals surface area contributed by atoms with Crippen molar-refractivity contribution in [3.63, 3.8) is 0 Å². The molecule has 1 atom stereocenters. The number of nitrogens with one attached hydrogen (secondary N) is 1. The van der Waals surface area contributed by atoms with E-state index in [4.69, 9.17) is 9.47 Å². The Labute approximate surface area is 93.5 Å². The molecule has 15 heavy (non-hydrogen) atoms. The van der Waals surface area contributed by atoms with Crippen molar-refractivity contribution >= 4 is 0 Å². The zero-order valence-corrected chi connectivity index (χ0v) is 9.96. The molecule has 3 nitrogen and oxygen atoms in total. The summed E-state index contributed by atoms with van der Waals surface area (Å²) in [6.45, 7) is 6.82. The second-order valence-electron chi connectivity index (χ2n) is 4.17. The summed E-state index contributed by atoms with van der Waals surface area (Å²) >= 11 is 0. The standard InChI is InChI=1S/C12H25NO2/c1-2-3-4-7-13-8-10-14-11-12-6-5-9-15-12/h12-13H,2-11H2,1H3. The predicted molar refractivity (Wildman–Crippen MR) is 62.2 cm³/mol. The third kappa shape index (κ3) is 6.88. The molecule has 1 aliphatic heterocycles. The summed E-state index contributed by atoms with van der Waals surface area (Å²) in [6.07, 6.45) is 6.63. The summed E-state index contributed by atoms with van der Waals surface area (Å²) in [7, 11) is 0. The van der Waals surface area contributed by atoms with Crippen molar-refractivity contribution < 1.29 is 9.47 Å². The highest BCUT2D eigenvalue weighted by atomic mass is 16.5. The van der Waals surface area contributed by atoms with Crippen molar-refractivity contribution in [3.8, 4) is 0 Å². The molecule has 0 spiro atoms. The first-order chi connectivity index (χ1) is 7.43. The molecule has 1 fully saturated rings. The van der Waals surface area contributed by atoms with Crippen LogP contribution in [0, 0.1) is 0 Å². The maximum atomic E-state index is 5.54. The minimum absolute atomic E-state index is 0.366. The van der Waals surface area contributed by atoms with Crippen LogP contribution in [0.1, 0.15) is 39.0 Å². The Morgan fingerprint density at radius 3 is 3.00 bits per heavy atom. The molecule has 1 aliphatic rings. The molecule has 1 N–H and O–H groups in total. The molecule has 0 aromatic rings. The molecule has 0 radical (unpaired) electrons. The molecule has 1 saturated heterocycles. The van der Waals surface area contributed by atoms with E-state index in [9.17, 15) is 0 Å². The lowest BCUT2D eigenvalue weighted by molar-refractivity contribution is 0.0183. The van der Waals surface area contributed by atoms with Gasteiger partial charge in [0.15, 0.2) is 0 Å². The highest BCUT2D eigenvalue weighted by Gasteiger charge is 2.14. The van der Waals surface area contributed by atoms with Crippen molar-refractivity contribution in [3.05, 3.63) is 0 Å². The van der Waals surface area contributed by atoms with E-state index in [-0.39, 0.29) is 0 Å². The van der Waals surface area contributed by atoms with Crippen LogP contribution in [0.2, 0.25) is 0 Å². The number of hydrogen-bond acceptors (Lipinski definition) is 3. The van der Waals surface area contributed by atoms with Gasteiger partial charge in [-0.2, -0.15) is 0 Å². The van der Waals surface area contributed by atoms with Gasteiger partial charge in [-0.05, 0) is 25.8 Å². The van der Waals surface area contributed by atoms with Crippen molar-refractivity contribution in [2.24, 2.45) is 0 Å². The second kappa shape index (κ2) is 9.13. The van der Waals surface area contributed by atoms with Crippen LogP contribution in [0.5, 0.6) is 0 Å². The lowest BCUT2D eigenvalue weighted by Crippen LogP contribution is -2.23. The van der Waals surface area contributed by atoms with Crippen molar-refractivity contribution in [2.45, 2.75) is 45.1 Å². The summed E-state index contributed by atoms with van der Waals surface area (Å²) in [4.78, 5) is 0. The first kappa shape index (κ1) is 12.9. The average molecular weight is 215 g/mol. The second-order valence-corrected chi connectivity index (χ2v) is 4.17. The van der Waals surface area contributed by atoms with Gasteiger partial charge in [-0.3, -0.25) is 0 Å². The molecule has 1 heterocycles. The van der Waals surface area contributed by atoms with Gasteiger partial charge < -0.3 is 14.8 Å². The smallest absolute Gasteiger partial charge is 0.0809 e. The first-order valence-electron chi connectivity index (χ1n) is 6.33. The number of hydrogen-bond donors (Lipinski definition) is 1. The normalized spacial score (nSPS) is 21.0. The minimum atomic E-state index is 0.366. The number of rotatable bonds is 9. The third-order valence-corrected chi connectivity index (χ3v) is 2.71. The quantitative estimate of drug-likeness (QED) is 0.596. The molecule has 0 bridgehead atoms. The topological polar surface area (TPSA) is 30.5 Å². The van der Waals surface area contributed by atoms with Gasteiger partial charge in [-0.1, -0.05) is 19.8 Å². The molecule has 0 aliphatic carbocycles. The lowest BCUT2D eigenvalue weighted by atomic mass is 10.2. The van der Waals surface area contributed by atoms with Crippen molar-refractivity contribution in [2.75, 3.05) is 32.9 Å². The van der Waals surface area contributed by atoms with Crippen LogP contribution >= 0.6 is 0 Å². The van der Waals surface area contributed by atoms with Gasteiger partial charge in [0.1, 0.15) is 0 Å². The Morgan fingerprint density at radius 1 is 1.33 bits per heavy atom. The van der Waals surface area contributed by atoms with Gasteiger partial charge in [-0.15, -0.1) is 0 Å². The number of unbranched alkanes of at least 4 members (excludes halogenated alkanes) is 2. The van der Waals surface area contributed by atoms with Crippen molar-refractivity contribution in [1.29, 1.82) is 0 Å². The van der Waals surface area contributed by atoms with E-state index in [1.54, 1.807) is 0 Å². The van der Waals surface area contributed by atoms with Gasteiger partial charge in [0, 0.05) is 13.2 Å². The maximum absolute atomic E-state index is 5.54. The van der Waals surface area contributed by atoms with Gasteiger partial charge in [-0.25, -0.2) is 0 Å². The van der Waals surface area contributed by atoms with E-state index in [1.807, 2.05) is 0 Å². The van der Waals surface area contributed by atoms with E-state index in [1.165, 1.54) is 32.1 Å². The highest BCUT2D eigenvalue weighted by molar-refractivity contribution is 4.63. The fourth-order valence-electron chi connectivity index (χ4n) is 1.76. The summed E-state index contributed by atoms with van der Waals surface area (Å²) in [5.41, 5.74) is 0. The van der Waals surface area contributed by atoms with Gasteiger partial charge >= 0.3 is 0 Å². The molecule has 0 aromatic carbocycles. The van der Waals surface area contributed by atoms with E-state index in [0.717, 1.165) is 32.9 Å². The molecular formula is C12H25NO2. The van der Waals surface area contributed by atoms with E-state index >= 15 is 0 Å². The SMILES string of the molecule is CCCCCNCCOCC1CCCO1. The van der Waals surface area contributed by atoms with Crippen LogP contribution < -0.4 is 5.32 Å². The Bertz CT molecular complexity index is 136. The van der Waals surface area contributed by atoms with Crippen LogP contribution in [-0.2, 0) is 9.47 Å². The molecule has 3 heteroatoms. The zero-order valence-electron chi connectivity index (χ0n) is 9.96. The summed E-state index contributed by atoms with van der Waals surface area (Å²) in [5, 5.41) is 3.38. The minimum Gasteiger partial charge on any atom is -0.377 e. The molecular weight excluding hydrogens is 190 g/mol. The molecule has 90 valence electrons. The fraction of sp³-hybridized carbons (Fsp3) is 1.00. The van der Waals surface area contributed by atoms with Crippen LogP contribution in [0.25, 0.3) is 0 Å². The third-order valence-electron chi connectivity index (χ3n) is 2.71. The van der Waals surface area contributed by atoms with Crippen LogP contribution in [0.3, 0.4) is 0 Å². The van der Waals surface area contributed by atoms with Gasteiger partial charge in [0.25, 0.3) is 0 Å². The Morgan fingerprint density at radius 2 is 2.27 bits per heavy atom. The van der Waals surface area contributed by atoms with Crippen LogP contribution in [0.4, 0.5) is 0 Å². The Kier molecular flexibility index (Phi) is 7.88. The van der Waals surface area contributed by atoms with E-state index in [2.05, 4.69) is 12.2 Å². The highest BCUT2D eigenvalue weighted by Crippen LogP contribution is 2.11. The number of ether oxygens (including phenoxy) is 2. The first-order valence-corrected chi connectivity index (χ1v) is 6.33. The molecule has 0 aromatic heterocycles. The molecule has 1 unspecified atom stereocenters. The Hall–Kier alpha value is -0.120. The van der Waals surface area contributed by atoms with Crippen LogP contribution in [0.15, 0.2) is 0 Å². The Balaban J connectivity index is 1.73. The predicted octanol–water partition coefficient (Wildman–Crippen LogP) is 1.96. The van der Waals surface area contributed by atoms with E-state index in [0.29, 0.717) is 6.10 Å². The van der Waals surface area contributed by atoms with Crippen LogP contribution in [-0.4, -0.2) is 39.0 Å². The largest absolute Gasteiger partial charge is 0.377 e.